The molecule has 4 rings (SSSR count). The minimum atomic E-state index is -0.150. The Morgan fingerprint density at radius 2 is 1.97 bits per heavy atom. The SMILES string of the molecule is C#C.C=C1NC=CC(N)=C1C1Nc2cc(C#N)cc(C)c2N1.OCCCc1ccncc1. The normalized spacial score (nSPS) is 15.5. The van der Waals surface area contributed by atoms with Gasteiger partial charge in [-0.2, -0.15) is 5.26 Å². The van der Waals surface area contributed by atoms with Crippen molar-refractivity contribution in [1.29, 1.82) is 5.26 Å². The zero-order valence-corrected chi connectivity index (χ0v) is 18.1. The summed E-state index contributed by atoms with van der Waals surface area (Å²) >= 11 is 0. The number of hydrogen-bond donors (Lipinski definition) is 5. The molecule has 6 N–H and O–H groups in total. The monoisotopic (exact) mass is 428 g/mol. The van der Waals surface area contributed by atoms with Crippen molar-refractivity contribution in [2.75, 3.05) is 17.2 Å². The fraction of sp³-hybridized carbons (Fsp3) is 0.200. The predicted molar refractivity (Wildman–Crippen MR) is 129 cm³/mol. The first-order valence-corrected chi connectivity index (χ1v) is 10.1. The second kappa shape index (κ2) is 11.8. The maximum atomic E-state index is 9.03. The first-order chi connectivity index (χ1) is 15.5. The number of aliphatic hydroxyl groups excluding tert-OH is 1. The summed E-state index contributed by atoms with van der Waals surface area (Å²) in [5, 5.41) is 27.3. The standard InChI is InChI=1S/C15H15N5.C8H11NO.C2H2/c1-8-5-10(7-16)6-12-14(8)20-15(19-12)13-9(2)18-4-3-11(13)17;10-7-1-2-8-3-5-9-6-4-8;1-2/h3-6,15,18-20H,2,17H2,1H3;3-6,10H,1-2,7H2;1-2H. The molecule has 2 aliphatic heterocycles. The molecule has 0 saturated carbocycles. The summed E-state index contributed by atoms with van der Waals surface area (Å²) in [4.78, 5) is 3.89. The summed E-state index contributed by atoms with van der Waals surface area (Å²) in [5.41, 5.74) is 13.2. The average molecular weight is 429 g/mol. The van der Waals surface area contributed by atoms with Crippen molar-refractivity contribution >= 4 is 11.4 Å². The van der Waals surface area contributed by atoms with E-state index in [0.717, 1.165) is 41.1 Å². The molecule has 7 heteroatoms. The lowest BCUT2D eigenvalue weighted by Gasteiger charge is -2.23. The largest absolute Gasteiger partial charge is 0.398 e. The van der Waals surface area contributed by atoms with Gasteiger partial charge in [-0.1, -0.05) is 6.58 Å². The van der Waals surface area contributed by atoms with E-state index >= 15 is 0 Å². The van der Waals surface area contributed by atoms with Crippen LogP contribution >= 0.6 is 0 Å². The Morgan fingerprint density at radius 3 is 2.59 bits per heavy atom. The first-order valence-electron chi connectivity index (χ1n) is 10.1. The Balaban J connectivity index is 0.000000255. The Morgan fingerprint density at radius 1 is 1.25 bits per heavy atom. The summed E-state index contributed by atoms with van der Waals surface area (Å²) in [6, 6.07) is 9.80. The number of nitrogens with one attached hydrogen (secondary N) is 3. The third kappa shape index (κ3) is 5.91. The molecule has 0 spiro atoms. The number of aliphatic hydroxyl groups is 1. The van der Waals surface area contributed by atoms with Gasteiger partial charge in [-0.3, -0.25) is 4.98 Å². The van der Waals surface area contributed by atoms with E-state index in [4.69, 9.17) is 16.1 Å². The Kier molecular flexibility index (Phi) is 8.91. The van der Waals surface area contributed by atoms with Crippen LogP contribution in [0.3, 0.4) is 0 Å². The van der Waals surface area contributed by atoms with E-state index in [9.17, 15) is 0 Å². The lowest BCUT2D eigenvalue weighted by molar-refractivity contribution is 0.288. The van der Waals surface area contributed by atoms with Gasteiger partial charge in [0.25, 0.3) is 0 Å². The van der Waals surface area contributed by atoms with E-state index in [2.05, 4.69) is 46.4 Å². The molecule has 2 aliphatic rings. The lowest BCUT2D eigenvalue weighted by atomic mass is 10.1. The number of nitrogens with two attached hydrogens (primary N) is 1. The Bertz CT molecular complexity index is 1060. The number of nitriles is 1. The van der Waals surface area contributed by atoms with Crippen LogP contribution < -0.4 is 21.7 Å². The number of allylic oxidation sites excluding steroid dienone is 1. The second-order valence-electron chi connectivity index (χ2n) is 7.06. The van der Waals surface area contributed by atoms with Crippen molar-refractivity contribution in [3.8, 4) is 18.9 Å². The first kappa shape index (κ1) is 24.1. The molecule has 0 amide bonds. The van der Waals surface area contributed by atoms with Crippen LogP contribution in [0.1, 0.15) is 23.1 Å². The number of aromatic nitrogens is 1. The van der Waals surface area contributed by atoms with Crippen LogP contribution in [0.5, 0.6) is 0 Å². The molecule has 32 heavy (non-hydrogen) atoms. The second-order valence-corrected chi connectivity index (χ2v) is 7.06. The molecule has 0 saturated heterocycles. The molecule has 0 bridgehead atoms. The number of aryl methyl sites for hydroxylation is 2. The number of fused-ring (bicyclic) bond motifs is 1. The Labute approximate surface area is 189 Å². The molecule has 164 valence electrons. The van der Waals surface area contributed by atoms with E-state index in [0.29, 0.717) is 11.3 Å². The minimum Gasteiger partial charge on any atom is -0.398 e. The highest BCUT2D eigenvalue weighted by atomic mass is 16.2. The summed E-state index contributed by atoms with van der Waals surface area (Å²) < 4.78 is 0. The molecule has 3 heterocycles. The summed E-state index contributed by atoms with van der Waals surface area (Å²) in [6.45, 7) is 6.22. The lowest BCUT2D eigenvalue weighted by Crippen LogP contribution is -2.32. The number of rotatable bonds is 4. The van der Waals surface area contributed by atoms with Gasteiger partial charge in [0, 0.05) is 42.2 Å². The molecule has 2 aromatic rings. The summed E-state index contributed by atoms with van der Waals surface area (Å²) in [7, 11) is 0. The fourth-order valence-corrected chi connectivity index (χ4v) is 3.38. The van der Waals surface area contributed by atoms with Crippen LogP contribution in [0.25, 0.3) is 0 Å². The van der Waals surface area contributed by atoms with Gasteiger partial charge < -0.3 is 26.8 Å². The number of dihydropyridines is 1. The maximum absolute atomic E-state index is 9.03. The molecule has 1 atom stereocenters. The van der Waals surface area contributed by atoms with Gasteiger partial charge >= 0.3 is 0 Å². The van der Waals surface area contributed by atoms with Gasteiger partial charge in [-0.05, 0) is 61.2 Å². The molecule has 0 aliphatic carbocycles. The molecule has 1 unspecified atom stereocenters. The van der Waals surface area contributed by atoms with E-state index < -0.39 is 0 Å². The van der Waals surface area contributed by atoms with Crippen molar-refractivity contribution in [3.63, 3.8) is 0 Å². The number of anilines is 2. The fourth-order valence-electron chi connectivity index (χ4n) is 3.38. The summed E-state index contributed by atoms with van der Waals surface area (Å²) in [5.74, 6) is 0. The van der Waals surface area contributed by atoms with E-state index in [1.165, 1.54) is 5.56 Å². The number of hydrogen-bond acceptors (Lipinski definition) is 7. The quantitative estimate of drug-likeness (QED) is 0.475. The molecule has 7 nitrogen and oxygen atoms in total. The molecular weight excluding hydrogens is 400 g/mol. The van der Waals surface area contributed by atoms with Crippen LogP contribution in [0, 0.1) is 31.1 Å². The van der Waals surface area contributed by atoms with Crippen LogP contribution in [0.4, 0.5) is 11.4 Å². The van der Waals surface area contributed by atoms with Crippen LogP contribution in [-0.4, -0.2) is 22.9 Å². The van der Waals surface area contributed by atoms with E-state index in [1.807, 2.05) is 37.3 Å². The molecule has 0 radical (unpaired) electrons. The predicted octanol–water partition coefficient (Wildman–Crippen LogP) is 3.13. The number of pyridine rings is 1. The van der Waals surface area contributed by atoms with Gasteiger partial charge in [0.2, 0.25) is 0 Å². The van der Waals surface area contributed by atoms with E-state index in [1.54, 1.807) is 18.6 Å². The van der Waals surface area contributed by atoms with Crippen molar-refractivity contribution in [1.82, 2.24) is 10.3 Å². The van der Waals surface area contributed by atoms with Crippen molar-refractivity contribution < 1.29 is 5.11 Å². The zero-order valence-electron chi connectivity index (χ0n) is 18.1. The molecule has 1 aromatic carbocycles. The third-order valence-electron chi connectivity index (χ3n) is 4.87. The highest BCUT2D eigenvalue weighted by Gasteiger charge is 2.28. The van der Waals surface area contributed by atoms with Crippen LogP contribution in [0.15, 0.2) is 72.5 Å². The van der Waals surface area contributed by atoms with E-state index in [-0.39, 0.29) is 12.8 Å². The third-order valence-corrected chi connectivity index (χ3v) is 4.87. The average Bonchev–Trinajstić information content (AvgIpc) is 3.24. The zero-order chi connectivity index (χ0) is 23.5. The molecule has 1 aromatic heterocycles. The number of benzene rings is 1. The highest BCUT2D eigenvalue weighted by Crippen LogP contribution is 2.36. The summed E-state index contributed by atoms with van der Waals surface area (Å²) in [6.07, 6.45) is 16.7. The minimum absolute atomic E-state index is 0.150. The number of terminal acetylenes is 1. The molecule has 0 fully saturated rings. The maximum Gasteiger partial charge on any atom is 0.127 e. The smallest absolute Gasteiger partial charge is 0.127 e. The van der Waals surface area contributed by atoms with Crippen molar-refractivity contribution in [3.05, 3.63) is 89.2 Å². The van der Waals surface area contributed by atoms with Crippen molar-refractivity contribution in [2.24, 2.45) is 5.73 Å². The van der Waals surface area contributed by atoms with Gasteiger partial charge in [0.15, 0.2) is 0 Å². The molecular formula is C25H28N6O. The number of nitrogens with zero attached hydrogens (tertiary/aromatic N) is 2. The van der Waals surface area contributed by atoms with Crippen LogP contribution in [-0.2, 0) is 6.42 Å². The highest BCUT2D eigenvalue weighted by molar-refractivity contribution is 5.81. The van der Waals surface area contributed by atoms with Gasteiger partial charge in [0.1, 0.15) is 6.17 Å². The van der Waals surface area contributed by atoms with Gasteiger partial charge in [-0.15, -0.1) is 12.8 Å². The van der Waals surface area contributed by atoms with Crippen molar-refractivity contribution in [2.45, 2.75) is 25.9 Å². The van der Waals surface area contributed by atoms with Gasteiger partial charge in [-0.25, -0.2) is 0 Å². The van der Waals surface area contributed by atoms with Crippen LogP contribution in [0.2, 0.25) is 0 Å². The Hall–Kier alpha value is -4.20. The van der Waals surface area contributed by atoms with Gasteiger partial charge in [0.05, 0.1) is 23.0 Å². The topological polar surface area (TPSA) is 119 Å².